The molecular weight excluding hydrogens is 227 g/mol. The second-order valence-corrected chi connectivity index (χ2v) is 4.52. The molecule has 0 aromatic heterocycles. The Hall–Kier alpha value is -1.67. The number of aliphatic hydroxyl groups excluding tert-OH is 1. The molecule has 2 aromatic rings. The molecule has 2 heteroatoms. The van der Waals surface area contributed by atoms with Gasteiger partial charge in [0.25, 0.3) is 0 Å². The summed E-state index contributed by atoms with van der Waals surface area (Å²) in [4.78, 5) is 0. The first kappa shape index (κ1) is 12.8. The predicted octanol–water partition coefficient (Wildman–Crippen LogP) is 3.78. The van der Waals surface area contributed by atoms with Crippen molar-refractivity contribution >= 4 is 0 Å². The highest BCUT2D eigenvalue weighted by molar-refractivity contribution is 5.37. The largest absolute Gasteiger partial charge is 0.384 e. The van der Waals surface area contributed by atoms with Gasteiger partial charge in [0.05, 0.1) is 0 Å². The summed E-state index contributed by atoms with van der Waals surface area (Å²) in [5.41, 5.74) is 3.36. The average molecular weight is 244 g/mol. The Kier molecular flexibility index (Phi) is 3.78. The van der Waals surface area contributed by atoms with E-state index in [0.717, 1.165) is 23.1 Å². The van der Waals surface area contributed by atoms with Crippen LogP contribution in [0.5, 0.6) is 0 Å². The van der Waals surface area contributed by atoms with Gasteiger partial charge in [0.1, 0.15) is 11.9 Å². The lowest BCUT2D eigenvalue weighted by Gasteiger charge is -2.16. The Morgan fingerprint density at radius 3 is 2.56 bits per heavy atom. The Balaban J connectivity index is 2.44. The molecule has 0 saturated carbocycles. The zero-order chi connectivity index (χ0) is 13.1. The number of hydrogen-bond donors (Lipinski definition) is 1. The summed E-state index contributed by atoms with van der Waals surface area (Å²) in [5.74, 6) is -0.307. The number of aryl methyl sites for hydroxylation is 2. The maximum Gasteiger partial charge on any atom is 0.123 e. The minimum absolute atomic E-state index is 0.307. The molecule has 0 aliphatic rings. The molecule has 18 heavy (non-hydrogen) atoms. The third-order valence-corrected chi connectivity index (χ3v) is 3.11. The van der Waals surface area contributed by atoms with Crippen molar-refractivity contribution in [2.45, 2.75) is 26.4 Å². The van der Waals surface area contributed by atoms with Crippen molar-refractivity contribution in [3.8, 4) is 0 Å². The Bertz CT molecular complexity index is 528. The van der Waals surface area contributed by atoms with Crippen LogP contribution in [0.25, 0.3) is 0 Å². The van der Waals surface area contributed by atoms with Crippen LogP contribution in [0.1, 0.15) is 35.3 Å². The summed E-state index contributed by atoms with van der Waals surface area (Å²) in [5, 5.41) is 10.4. The first-order valence-corrected chi connectivity index (χ1v) is 6.14. The molecule has 0 spiro atoms. The average Bonchev–Trinajstić information content (AvgIpc) is 2.36. The molecule has 94 valence electrons. The number of hydrogen-bond acceptors (Lipinski definition) is 1. The van der Waals surface area contributed by atoms with Crippen LogP contribution < -0.4 is 0 Å². The molecule has 2 aromatic carbocycles. The van der Waals surface area contributed by atoms with Gasteiger partial charge in [0, 0.05) is 0 Å². The second-order valence-electron chi connectivity index (χ2n) is 4.52. The lowest BCUT2D eigenvalue weighted by atomic mass is 9.95. The molecule has 0 saturated heterocycles. The zero-order valence-electron chi connectivity index (χ0n) is 10.7. The van der Waals surface area contributed by atoms with E-state index < -0.39 is 6.10 Å². The Morgan fingerprint density at radius 2 is 1.89 bits per heavy atom. The van der Waals surface area contributed by atoms with E-state index in [1.54, 1.807) is 0 Å². The van der Waals surface area contributed by atoms with Crippen molar-refractivity contribution in [2.75, 3.05) is 0 Å². The number of aliphatic hydroxyl groups is 1. The third-order valence-electron chi connectivity index (χ3n) is 3.11. The van der Waals surface area contributed by atoms with Gasteiger partial charge in [-0.05, 0) is 47.7 Å². The first-order valence-electron chi connectivity index (χ1n) is 6.14. The maximum atomic E-state index is 13.4. The van der Waals surface area contributed by atoms with Crippen molar-refractivity contribution in [1.82, 2.24) is 0 Å². The summed E-state index contributed by atoms with van der Waals surface area (Å²) < 4.78 is 13.4. The van der Waals surface area contributed by atoms with Gasteiger partial charge in [-0.25, -0.2) is 4.39 Å². The predicted molar refractivity (Wildman–Crippen MR) is 71.0 cm³/mol. The molecule has 2 rings (SSSR count). The summed E-state index contributed by atoms with van der Waals surface area (Å²) >= 11 is 0. The summed E-state index contributed by atoms with van der Waals surface area (Å²) in [7, 11) is 0. The van der Waals surface area contributed by atoms with Crippen LogP contribution in [0.15, 0.2) is 42.5 Å². The molecule has 0 amide bonds. The van der Waals surface area contributed by atoms with Gasteiger partial charge < -0.3 is 5.11 Å². The van der Waals surface area contributed by atoms with E-state index in [1.807, 2.05) is 44.2 Å². The molecule has 1 unspecified atom stereocenters. The van der Waals surface area contributed by atoms with Gasteiger partial charge in [-0.1, -0.05) is 37.3 Å². The van der Waals surface area contributed by atoms with Crippen molar-refractivity contribution in [3.05, 3.63) is 70.5 Å². The standard InChI is InChI=1S/C16H17FO/c1-3-12-6-4-5-7-15(12)16(18)13-8-11(2)9-14(17)10-13/h4-10,16,18H,3H2,1-2H3. The monoisotopic (exact) mass is 244 g/mol. The minimum Gasteiger partial charge on any atom is -0.384 e. The van der Waals surface area contributed by atoms with Crippen molar-refractivity contribution < 1.29 is 9.50 Å². The van der Waals surface area contributed by atoms with Crippen LogP contribution in [0.4, 0.5) is 4.39 Å². The van der Waals surface area contributed by atoms with E-state index in [2.05, 4.69) is 0 Å². The van der Waals surface area contributed by atoms with E-state index in [1.165, 1.54) is 12.1 Å². The van der Waals surface area contributed by atoms with Crippen LogP contribution >= 0.6 is 0 Å². The normalized spacial score (nSPS) is 12.4. The summed E-state index contributed by atoms with van der Waals surface area (Å²) in [6, 6.07) is 12.4. The van der Waals surface area contributed by atoms with E-state index >= 15 is 0 Å². The Morgan fingerprint density at radius 1 is 1.17 bits per heavy atom. The van der Waals surface area contributed by atoms with E-state index in [4.69, 9.17) is 0 Å². The van der Waals surface area contributed by atoms with E-state index in [0.29, 0.717) is 5.56 Å². The highest BCUT2D eigenvalue weighted by Gasteiger charge is 2.14. The second kappa shape index (κ2) is 5.32. The summed E-state index contributed by atoms with van der Waals surface area (Å²) in [6.07, 6.45) is 0.0807. The molecule has 0 heterocycles. The molecule has 1 nitrogen and oxygen atoms in total. The highest BCUT2D eigenvalue weighted by atomic mass is 19.1. The topological polar surface area (TPSA) is 20.2 Å². The fourth-order valence-corrected chi connectivity index (χ4v) is 2.22. The van der Waals surface area contributed by atoms with Crippen molar-refractivity contribution in [2.24, 2.45) is 0 Å². The minimum atomic E-state index is -0.768. The lowest BCUT2D eigenvalue weighted by Crippen LogP contribution is -2.04. The molecule has 0 aliphatic heterocycles. The van der Waals surface area contributed by atoms with Crippen molar-refractivity contribution in [1.29, 1.82) is 0 Å². The maximum absolute atomic E-state index is 13.4. The molecule has 1 N–H and O–H groups in total. The van der Waals surface area contributed by atoms with Gasteiger partial charge in [-0.3, -0.25) is 0 Å². The zero-order valence-corrected chi connectivity index (χ0v) is 10.7. The Labute approximate surface area is 107 Å². The quantitative estimate of drug-likeness (QED) is 0.871. The van der Waals surface area contributed by atoms with Gasteiger partial charge in [-0.2, -0.15) is 0 Å². The van der Waals surface area contributed by atoms with Gasteiger partial charge in [0.15, 0.2) is 0 Å². The highest BCUT2D eigenvalue weighted by Crippen LogP contribution is 2.26. The van der Waals surface area contributed by atoms with Crippen LogP contribution in [0, 0.1) is 12.7 Å². The van der Waals surface area contributed by atoms with Crippen LogP contribution in [-0.4, -0.2) is 5.11 Å². The van der Waals surface area contributed by atoms with Crippen LogP contribution in [0.3, 0.4) is 0 Å². The van der Waals surface area contributed by atoms with Crippen LogP contribution in [0.2, 0.25) is 0 Å². The van der Waals surface area contributed by atoms with Gasteiger partial charge in [-0.15, -0.1) is 0 Å². The smallest absolute Gasteiger partial charge is 0.123 e. The molecular formula is C16H17FO. The SMILES string of the molecule is CCc1ccccc1C(O)c1cc(C)cc(F)c1. The first-order chi connectivity index (χ1) is 8.61. The molecule has 1 atom stereocenters. The summed E-state index contributed by atoms with van der Waals surface area (Å²) in [6.45, 7) is 3.87. The lowest BCUT2D eigenvalue weighted by molar-refractivity contribution is 0.218. The van der Waals surface area contributed by atoms with Gasteiger partial charge >= 0.3 is 0 Å². The van der Waals surface area contributed by atoms with Gasteiger partial charge in [0.2, 0.25) is 0 Å². The van der Waals surface area contributed by atoms with E-state index in [9.17, 15) is 9.50 Å². The number of halogens is 1. The molecule has 0 bridgehead atoms. The molecule has 0 radical (unpaired) electrons. The van der Waals surface area contributed by atoms with Crippen molar-refractivity contribution in [3.63, 3.8) is 0 Å². The third kappa shape index (κ3) is 2.59. The fourth-order valence-electron chi connectivity index (χ4n) is 2.22. The molecule has 0 fully saturated rings. The fraction of sp³-hybridized carbons (Fsp3) is 0.250. The van der Waals surface area contributed by atoms with E-state index in [-0.39, 0.29) is 5.82 Å². The number of benzene rings is 2. The van der Waals surface area contributed by atoms with Crippen LogP contribution in [-0.2, 0) is 6.42 Å². The molecule has 0 aliphatic carbocycles. The number of rotatable bonds is 3.